The molecule has 1 aromatic carbocycles. The van der Waals surface area contributed by atoms with Gasteiger partial charge >= 0.3 is 0 Å². The predicted molar refractivity (Wildman–Crippen MR) is 79.2 cm³/mol. The largest absolute Gasteiger partial charge is 0.492 e. The minimum atomic E-state index is -0.222. The Morgan fingerprint density at radius 2 is 2.20 bits per heavy atom. The fraction of sp³-hybridized carbons (Fsp3) is 0.533. The maximum atomic E-state index is 9.56. The monoisotopic (exact) mass is 277 g/mol. The summed E-state index contributed by atoms with van der Waals surface area (Å²) in [7, 11) is 0. The molecule has 0 saturated carbocycles. The van der Waals surface area contributed by atoms with Gasteiger partial charge in [0.15, 0.2) is 0 Å². The average Bonchev–Trinajstić information content (AvgIpc) is 2.88. The number of hydrogen-bond acceptors (Lipinski definition) is 4. The highest BCUT2D eigenvalue weighted by Gasteiger charge is 2.25. The number of ether oxygens (including phenoxy) is 1. The Labute approximate surface area is 119 Å². The Bertz CT molecular complexity index is 445. The molecule has 0 aliphatic carbocycles. The maximum Gasteiger partial charge on any atom is 0.122 e. The van der Waals surface area contributed by atoms with E-state index in [4.69, 9.17) is 15.9 Å². The van der Waals surface area contributed by atoms with Crippen LogP contribution in [0.25, 0.3) is 0 Å². The van der Waals surface area contributed by atoms with E-state index in [0.717, 1.165) is 31.8 Å². The fourth-order valence-corrected chi connectivity index (χ4v) is 2.48. The van der Waals surface area contributed by atoms with Gasteiger partial charge in [-0.1, -0.05) is 0 Å². The average molecular weight is 277 g/mol. The number of likely N-dealkylation sites (tertiary alicyclic amines) is 1. The summed E-state index contributed by atoms with van der Waals surface area (Å²) in [5.41, 5.74) is 6.10. The van der Waals surface area contributed by atoms with Crippen LogP contribution in [0.15, 0.2) is 24.3 Å². The highest BCUT2D eigenvalue weighted by atomic mass is 16.5. The van der Waals surface area contributed by atoms with Crippen molar-refractivity contribution in [3.8, 4) is 5.75 Å². The molecule has 2 rings (SSSR count). The van der Waals surface area contributed by atoms with Crippen molar-refractivity contribution in [2.75, 3.05) is 26.2 Å². The van der Waals surface area contributed by atoms with Crippen LogP contribution in [0.2, 0.25) is 0 Å². The van der Waals surface area contributed by atoms with E-state index < -0.39 is 0 Å². The zero-order chi connectivity index (χ0) is 14.5. The summed E-state index contributed by atoms with van der Waals surface area (Å²) < 4.78 is 5.68. The number of nitrogens with two attached hydrogens (primary N) is 1. The van der Waals surface area contributed by atoms with E-state index in [1.165, 1.54) is 0 Å². The predicted octanol–water partition coefficient (Wildman–Crippen LogP) is 1.05. The van der Waals surface area contributed by atoms with Crippen LogP contribution >= 0.6 is 0 Å². The Hall–Kier alpha value is -1.59. The molecule has 2 atom stereocenters. The van der Waals surface area contributed by atoms with Crippen molar-refractivity contribution in [3.05, 3.63) is 29.8 Å². The third kappa shape index (κ3) is 3.95. The van der Waals surface area contributed by atoms with Crippen LogP contribution in [-0.2, 0) is 0 Å². The molecule has 1 saturated heterocycles. The van der Waals surface area contributed by atoms with Crippen molar-refractivity contribution in [2.24, 2.45) is 11.7 Å². The van der Waals surface area contributed by atoms with Gasteiger partial charge in [-0.15, -0.1) is 0 Å². The van der Waals surface area contributed by atoms with Gasteiger partial charge in [0.2, 0.25) is 0 Å². The molecule has 1 aliphatic heterocycles. The smallest absolute Gasteiger partial charge is 0.122 e. The third-order valence-corrected chi connectivity index (χ3v) is 3.83. The zero-order valence-corrected chi connectivity index (χ0v) is 11.9. The summed E-state index contributed by atoms with van der Waals surface area (Å²) in [6, 6.07) is 7.24. The summed E-state index contributed by atoms with van der Waals surface area (Å²) in [4.78, 5) is 2.32. The second-order valence-corrected chi connectivity index (χ2v) is 5.38. The zero-order valence-electron chi connectivity index (χ0n) is 11.9. The highest BCUT2D eigenvalue weighted by molar-refractivity contribution is 5.94. The van der Waals surface area contributed by atoms with Gasteiger partial charge in [0.1, 0.15) is 18.2 Å². The molecule has 1 heterocycles. The van der Waals surface area contributed by atoms with Gasteiger partial charge in [0, 0.05) is 18.7 Å². The first-order valence-corrected chi connectivity index (χ1v) is 7.04. The van der Waals surface area contributed by atoms with Crippen molar-refractivity contribution in [2.45, 2.75) is 19.4 Å². The molecule has 1 fully saturated rings. The van der Waals surface area contributed by atoms with Crippen LogP contribution in [0, 0.1) is 11.3 Å². The van der Waals surface area contributed by atoms with Crippen LogP contribution in [0.1, 0.15) is 18.9 Å². The van der Waals surface area contributed by atoms with E-state index in [2.05, 4.69) is 4.90 Å². The Kier molecular flexibility index (Phi) is 4.98. The quantitative estimate of drug-likeness (QED) is 0.536. The molecule has 0 spiro atoms. The summed E-state index contributed by atoms with van der Waals surface area (Å²) in [6.45, 7) is 5.34. The molecule has 0 bridgehead atoms. The number of aliphatic hydroxyl groups is 1. The topological polar surface area (TPSA) is 82.6 Å². The molecule has 0 amide bonds. The van der Waals surface area contributed by atoms with E-state index in [1.807, 2.05) is 19.1 Å². The Morgan fingerprint density at radius 1 is 1.50 bits per heavy atom. The van der Waals surface area contributed by atoms with Crippen LogP contribution < -0.4 is 10.5 Å². The van der Waals surface area contributed by atoms with Gasteiger partial charge in [-0.25, -0.2) is 0 Å². The normalized spacial score (nSPS) is 20.8. The van der Waals surface area contributed by atoms with E-state index in [0.29, 0.717) is 18.1 Å². The highest BCUT2D eigenvalue weighted by Crippen LogP contribution is 2.19. The molecule has 4 N–H and O–H groups in total. The minimum absolute atomic E-state index is 0.0674. The summed E-state index contributed by atoms with van der Waals surface area (Å²) in [5.74, 6) is 1.25. The molecule has 110 valence electrons. The lowest BCUT2D eigenvalue weighted by Crippen LogP contribution is -2.28. The molecule has 0 radical (unpaired) electrons. The number of benzene rings is 1. The first kappa shape index (κ1) is 14.8. The minimum Gasteiger partial charge on any atom is -0.492 e. The number of rotatable bonds is 6. The number of aliphatic hydroxyl groups excluding tert-OH is 1. The van der Waals surface area contributed by atoms with Gasteiger partial charge in [-0.3, -0.25) is 10.3 Å². The molecule has 1 aliphatic rings. The SMILES string of the molecule is CC(O)C1CCN(CCOc2ccc(C(=N)N)cc2)C1. The maximum absolute atomic E-state index is 9.56. The van der Waals surface area contributed by atoms with Crippen molar-refractivity contribution in [3.63, 3.8) is 0 Å². The van der Waals surface area contributed by atoms with Crippen molar-refractivity contribution in [1.82, 2.24) is 4.90 Å². The second kappa shape index (κ2) is 6.72. The van der Waals surface area contributed by atoms with Crippen LogP contribution in [0.3, 0.4) is 0 Å². The van der Waals surface area contributed by atoms with Crippen molar-refractivity contribution < 1.29 is 9.84 Å². The Morgan fingerprint density at radius 3 is 2.75 bits per heavy atom. The van der Waals surface area contributed by atoms with Gasteiger partial charge in [0.05, 0.1) is 6.10 Å². The summed E-state index contributed by atoms with van der Waals surface area (Å²) in [6.07, 6.45) is 0.838. The molecule has 5 heteroatoms. The molecule has 5 nitrogen and oxygen atoms in total. The van der Waals surface area contributed by atoms with E-state index in [9.17, 15) is 5.11 Å². The Balaban J connectivity index is 1.72. The lowest BCUT2D eigenvalue weighted by Gasteiger charge is -2.17. The van der Waals surface area contributed by atoms with Gasteiger partial charge in [0.25, 0.3) is 0 Å². The van der Waals surface area contributed by atoms with Crippen molar-refractivity contribution >= 4 is 5.84 Å². The molecule has 0 aromatic heterocycles. The summed E-state index contributed by atoms with van der Waals surface area (Å²) >= 11 is 0. The second-order valence-electron chi connectivity index (χ2n) is 5.38. The molecule has 2 unspecified atom stereocenters. The first-order valence-electron chi connectivity index (χ1n) is 7.04. The van der Waals surface area contributed by atoms with Gasteiger partial charge in [-0.2, -0.15) is 0 Å². The van der Waals surface area contributed by atoms with Crippen LogP contribution in [0.5, 0.6) is 5.75 Å². The van der Waals surface area contributed by atoms with Crippen LogP contribution in [-0.4, -0.2) is 48.2 Å². The first-order chi connectivity index (χ1) is 9.56. The molecule has 20 heavy (non-hydrogen) atoms. The van der Waals surface area contributed by atoms with Crippen molar-refractivity contribution in [1.29, 1.82) is 5.41 Å². The summed E-state index contributed by atoms with van der Waals surface area (Å²) in [5, 5.41) is 16.9. The van der Waals surface area contributed by atoms with E-state index in [1.54, 1.807) is 12.1 Å². The number of nitrogens with zero attached hydrogens (tertiary/aromatic N) is 1. The molecular formula is C15H23N3O2. The number of nitrogen functional groups attached to an aromatic ring is 1. The number of hydrogen-bond donors (Lipinski definition) is 3. The molecular weight excluding hydrogens is 254 g/mol. The number of nitrogens with one attached hydrogen (secondary N) is 1. The fourth-order valence-electron chi connectivity index (χ4n) is 2.48. The number of amidine groups is 1. The van der Waals surface area contributed by atoms with Gasteiger partial charge in [-0.05, 0) is 50.1 Å². The lowest BCUT2D eigenvalue weighted by molar-refractivity contribution is 0.125. The molecule has 1 aromatic rings. The van der Waals surface area contributed by atoms with E-state index >= 15 is 0 Å². The van der Waals surface area contributed by atoms with Crippen LogP contribution in [0.4, 0.5) is 0 Å². The van der Waals surface area contributed by atoms with Gasteiger partial charge < -0.3 is 15.6 Å². The standard InChI is InChI=1S/C15H23N3O2/c1-11(19)13-6-7-18(10-13)8-9-20-14-4-2-12(3-5-14)15(16)17/h2-5,11,13,19H,6-10H2,1H3,(H3,16,17). The lowest BCUT2D eigenvalue weighted by atomic mass is 10.0. The third-order valence-electron chi connectivity index (χ3n) is 3.83. The van der Waals surface area contributed by atoms with E-state index in [-0.39, 0.29) is 11.9 Å².